The van der Waals surface area contributed by atoms with Crippen LogP contribution in [0.4, 0.5) is 0 Å². The number of H-pyrrole nitrogens is 1. The van der Waals surface area contributed by atoms with Crippen molar-refractivity contribution in [3.05, 3.63) is 100 Å². The van der Waals surface area contributed by atoms with Crippen LogP contribution in [0.3, 0.4) is 0 Å². The van der Waals surface area contributed by atoms with Crippen LogP contribution in [-0.2, 0) is 6.61 Å². The number of aromatic nitrogens is 2. The molecule has 35 heavy (non-hydrogen) atoms. The van der Waals surface area contributed by atoms with E-state index in [0.717, 1.165) is 11.1 Å². The van der Waals surface area contributed by atoms with E-state index in [2.05, 4.69) is 10.2 Å². The molecule has 1 amide bonds. The van der Waals surface area contributed by atoms with Crippen molar-refractivity contribution in [3.8, 4) is 22.8 Å². The predicted octanol–water partition coefficient (Wildman–Crippen LogP) is 4.94. The fourth-order valence-electron chi connectivity index (χ4n) is 4.43. The Labute approximate surface area is 207 Å². The van der Waals surface area contributed by atoms with Crippen molar-refractivity contribution in [2.24, 2.45) is 0 Å². The molecule has 1 aliphatic rings. The van der Waals surface area contributed by atoms with Gasteiger partial charge in [-0.15, -0.1) is 0 Å². The number of rotatable bonds is 8. The predicted molar refractivity (Wildman–Crippen MR) is 132 cm³/mol. The van der Waals surface area contributed by atoms with Gasteiger partial charge >= 0.3 is 0 Å². The molecule has 8 heteroatoms. The van der Waals surface area contributed by atoms with E-state index >= 15 is 0 Å². The number of halogens is 1. The van der Waals surface area contributed by atoms with Gasteiger partial charge in [0.1, 0.15) is 29.5 Å². The van der Waals surface area contributed by atoms with E-state index < -0.39 is 6.04 Å². The van der Waals surface area contributed by atoms with Gasteiger partial charge in [0.25, 0.3) is 5.91 Å². The van der Waals surface area contributed by atoms with Crippen molar-refractivity contribution in [3.63, 3.8) is 0 Å². The summed E-state index contributed by atoms with van der Waals surface area (Å²) in [5.74, 6) is 0.475. The van der Waals surface area contributed by atoms with E-state index in [1.54, 1.807) is 17.0 Å². The second kappa shape index (κ2) is 9.82. The first-order valence-corrected chi connectivity index (χ1v) is 11.7. The number of aliphatic hydroxyl groups is 1. The van der Waals surface area contributed by atoms with Gasteiger partial charge in [0, 0.05) is 29.3 Å². The number of nitrogens with zero attached hydrogens (tertiary/aromatic N) is 2. The molecule has 1 aromatic heterocycles. The van der Waals surface area contributed by atoms with Gasteiger partial charge < -0.3 is 19.8 Å². The zero-order valence-corrected chi connectivity index (χ0v) is 19.6. The lowest BCUT2D eigenvalue weighted by Gasteiger charge is -2.26. The first-order chi connectivity index (χ1) is 17.1. The third-order valence-electron chi connectivity index (χ3n) is 6.06. The van der Waals surface area contributed by atoms with Crippen LogP contribution in [0.2, 0.25) is 5.02 Å². The summed E-state index contributed by atoms with van der Waals surface area (Å²) in [6, 6.07) is 21.7. The number of nitrogens with one attached hydrogen (secondary N) is 1. The molecule has 1 atom stereocenters. The molecule has 7 nitrogen and oxygen atoms in total. The molecule has 0 aliphatic carbocycles. The van der Waals surface area contributed by atoms with Crippen LogP contribution in [0.5, 0.6) is 11.5 Å². The summed E-state index contributed by atoms with van der Waals surface area (Å²) in [5.41, 5.74) is 3.80. The number of hydrogen-bond donors (Lipinski definition) is 3. The van der Waals surface area contributed by atoms with E-state index in [0.29, 0.717) is 52.9 Å². The van der Waals surface area contributed by atoms with Crippen molar-refractivity contribution in [2.75, 3.05) is 13.2 Å². The van der Waals surface area contributed by atoms with Gasteiger partial charge in [0.05, 0.1) is 6.04 Å². The molecule has 0 saturated heterocycles. The molecule has 0 radical (unpaired) electrons. The highest BCUT2D eigenvalue weighted by molar-refractivity contribution is 6.31. The second-order valence-electron chi connectivity index (χ2n) is 8.35. The third-order valence-corrected chi connectivity index (χ3v) is 6.29. The average Bonchev–Trinajstić information content (AvgIpc) is 3.42. The number of fused-ring (bicyclic) bond motifs is 1. The maximum Gasteiger partial charge on any atom is 0.273 e. The number of aliphatic hydroxyl groups excluding tert-OH is 1. The van der Waals surface area contributed by atoms with Crippen LogP contribution < -0.4 is 4.74 Å². The Morgan fingerprint density at radius 1 is 1.06 bits per heavy atom. The molecular weight excluding hydrogens is 466 g/mol. The highest BCUT2D eigenvalue weighted by Crippen LogP contribution is 2.45. The van der Waals surface area contributed by atoms with Gasteiger partial charge in [-0.1, -0.05) is 54.1 Å². The lowest BCUT2D eigenvalue weighted by molar-refractivity contribution is 0.0732. The largest absolute Gasteiger partial charge is 0.507 e. The van der Waals surface area contributed by atoms with Crippen LogP contribution in [0, 0.1) is 0 Å². The number of carbonyl (C=O) groups is 1. The normalized spacial score (nSPS) is 14.9. The lowest BCUT2D eigenvalue weighted by atomic mass is 9.95. The Hall–Kier alpha value is -3.81. The van der Waals surface area contributed by atoms with Gasteiger partial charge in [-0.05, 0) is 47.9 Å². The third kappa shape index (κ3) is 4.48. The standard InChI is InChI=1S/C27H24ClN3O4/c28-19-10-11-22(33)21(15-19)24-23-25(30-29-24)27(34)31(12-5-13-32)26(23)18-8-4-9-20(14-18)35-16-17-6-2-1-3-7-17/h1-4,6-11,14-15,26,32-33H,5,12-13,16H2,(H,29,30). The first kappa shape index (κ1) is 23.0. The highest BCUT2D eigenvalue weighted by atomic mass is 35.5. The highest BCUT2D eigenvalue weighted by Gasteiger charge is 2.42. The van der Waals surface area contributed by atoms with Crippen molar-refractivity contribution in [1.29, 1.82) is 0 Å². The monoisotopic (exact) mass is 489 g/mol. The molecule has 0 fully saturated rings. The molecule has 0 saturated carbocycles. The minimum absolute atomic E-state index is 0.0173. The van der Waals surface area contributed by atoms with Crippen molar-refractivity contribution in [2.45, 2.75) is 19.1 Å². The first-order valence-electron chi connectivity index (χ1n) is 11.3. The van der Waals surface area contributed by atoms with Crippen LogP contribution in [0.15, 0.2) is 72.8 Å². The molecule has 3 N–H and O–H groups in total. The van der Waals surface area contributed by atoms with Crippen molar-refractivity contribution >= 4 is 17.5 Å². The van der Waals surface area contributed by atoms with Gasteiger partial charge in [0.2, 0.25) is 0 Å². The molecule has 3 aromatic carbocycles. The SMILES string of the molecule is O=C1c2[nH]nc(-c3cc(Cl)ccc3O)c2C(c2cccc(OCc3ccccc3)c2)N1CCCO. The van der Waals surface area contributed by atoms with Crippen LogP contribution in [0.1, 0.15) is 39.6 Å². The molecule has 178 valence electrons. The number of amides is 1. The molecule has 2 heterocycles. The summed E-state index contributed by atoms with van der Waals surface area (Å²) >= 11 is 6.20. The zero-order chi connectivity index (χ0) is 24.4. The van der Waals surface area contributed by atoms with E-state index in [4.69, 9.17) is 16.3 Å². The molecule has 0 bridgehead atoms. The number of aromatic amines is 1. The molecular formula is C27H24ClN3O4. The molecule has 1 aliphatic heterocycles. The van der Waals surface area contributed by atoms with Gasteiger partial charge in [-0.2, -0.15) is 5.10 Å². The Morgan fingerprint density at radius 2 is 1.89 bits per heavy atom. The van der Waals surface area contributed by atoms with Crippen molar-refractivity contribution < 1.29 is 19.7 Å². The van der Waals surface area contributed by atoms with Gasteiger partial charge in [-0.3, -0.25) is 9.89 Å². The van der Waals surface area contributed by atoms with Gasteiger partial charge in [-0.25, -0.2) is 0 Å². The Balaban J connectivity index is 1.55. The van der Waals surface area contributed by atoms with Crippen LogP contribution in [-0.4, -0.2) is 44.4 Å². The number of aromatic hydroxyl groups is 1. The van der Waals surface area contributed by atoms with E-state index in [-0.39, 0.29) is 18.3 Å². The number of benzene rings is 3. The Bertz CT molecular complexity index is 1360. The maximum absolute atomic E-state index is 13.3. The molecule has 4 aromatic rings. The fraction of sp³-hybridized carbons (Fsp3) is 0.185. The number of phenols is 1. The zero-order valence-electron chi connectivity index (χ0n) is 18.8. The maximum atomic E-state index is 13.3. The summed E-state index contributed by atoms with van der Waals surface area (Å²) in [4.78, 5) is 15.0. The topological polar surface area (TPSA) is 98.7 Å². The Kier molecular flexibility index (Phi) is 6.44. The summed E-state index contributed by atoms with van der Waals surface area (Å²) in [5, 5.41) is 27.6. The van der Waals surface area contributed by atoms with E-state index in [9.17, 15) is 15.0 Å². The summed E-state index contributed by atoms with van der Waals surface area (Å²) in [6.07, 6.45) is 0.432. The molecule has 0 spiro atoms. The smallest absolute Gasteiger partial charge is 0.273 e. The van der Waals surface area contributed by atoms with E-state index in [1.807, 2.05) is 54.6 Å². The van der Waals surface area contributed by atoms with Crippen LogP contribution >= 0.6 is 11.6 Å². The summed E-state index contributed by atoms with van der Waals surface area (Å²) in [6.45, 7) is 0.740. The second-order valence-corrected chi connectivity index (χ2v) is 8.78. The minimum Gasteiger partial charge on any atom is -0.507 e. The van der Waals surface area contributed by atoms with E-state index in [1.165, 1.54) is 6.07 Å². The summed E-state index contributed by atoms with van der Waals surface area (Å²) < 4.78 is 6.03. The lowest BCUT2D eigenvalue weighted by Crippen LogP contribution is -2.31. The van der Waals surface area contributed by atoms with Crippen LogP contribution in [0.25, 0.3) is 11.3 Å². The molecule has 1 unspecified atom stereocenters. The number of phenolic OH excluding ortho intramolecular Hbond substituents is 1. The fourth-order valence-corrected chi connectivity index (χ4v) is 4.61. The average molecular weight is 490 g/mol. The number of ether oxygens (including phenoxy) is 1. The Morgan fingerprint density at radius 3 is 2.69 bits per heavy atom. The van der Waals surface area contributed by atoms with Crippen molar-refractivity contribution in [1.82, 2.24) is 15.1 Å². The summed E-state index contributed by atoms with van der Waals surface area (Å²) in [7, 11) is 0. The number of hydrogen-bond acceptors (Lipinski definition) is 5. The minimum atomic E-state index is -0.476. The van der Waals surface area contributed by atoms with Gasteiger partial charge in [0.15, 0.2) is 0 Å². The molecule has 5 rings (SSSR count). The number of carbonyl (C=O) groups excluding carboxylic acids is 1. The quantitative estimate of drug-likeness (QED) is 0.325.